The Morgan fingerprint density at radius 1 is 1.17 bits per heavy atom. The van der Waals surface area contributed by atoms with Crippen molar-refractivity contribution in [3.05, 3.63) is 35.4 Å². The highest BCUT2D eigenvalue weighted by Gasteiger charge is 2.32. The molecule has 1 N–H and O–H groups in total. The summed E-state index contributed by atoms with van der Waals surface area (Å²) in [5, 5.41) is 2.69. The van der Waals surface area contributed by atoms with Crippen LogP contribution < -0.4 is 5.32 Å². The second-order valence-corrected chi connectivity index (χ2v) is 5.34. The van der Waals surface area contributed by atoms with E-state index in [1.165, 1.54) is 18.2 Å². The molecule has 0 aliphatic heterocycles. The van der Waals surface area contributed by atoms with E-state index < -0.39 is 11.7 Å². The zero-order chi connectivity index (χ0) is 17.3. The molecule has 0 atom stereocenters. The van der Waals surface area contributed by atoms with E-state index in [0.29, 0.717) is 0 Å². The third-order valence-electron chi connectivity index (χ3n) is 3.45. The predicted molar refractivity (Wildman–Crippen MR) is 84.6 cm³/mol. The van der Waals surface area contributed by atoms with Crippen LogP contribution in [0.25, 0.3) is 0 Å². The molecule has 5 heteroatoms. The summed E-state index contributed by atoms with van der Waals surface area (Å²) in [6.45, 7) is 4.09. The Hall–Kier alpha value is -1.96. The van der Waals surface area contributed by atoms with Crippen molar-refractivity contribution in [2.75, 3.05) is 6.54 Å². The van der Waals surface area contributed by atoms with E-state index in [1.54, 1.807) is 0 Å². The average molecular weight is 325 g/mol. The van der Waals surface area contributed by atoms with Gasteiger partial charge >= 0.3 is 6.18 Å². The molecular weight excluding hydrogens is 303 g/mol. The van der Waals surface area contributed by atoms with Gasteiger partial charge in [0.05, 0.1) is 12.1 Å². The van der Waals surface area contributed by atoms with Gasteiger partial charge in [0.2, 0.25) is 5.91 Å². The lowest BCUT2D eigenvalue weighted by Crippen LogP contribution is -2.31. The molecule has 0 radical (unpaired) electrons. The lowest BCUT2D eigenvalue weighted by Gasteiger charge is -2.13. The van der Waals surface area contributed by atoms with Crippen molar-refractivity contribution < 1.29 is 18.0 Å². The van der Waals surface area contributed by atoms with E-state index in [0.717, 1.165) is 31.7 Å². The van der Waals surface area contributed by atoms with Crippen LogP contribution in [-0.4, -0.2) is 12.5 Å². The number of carbonyl (C=O) groups excluding carboxylic acids is 1. The smallest absolute Gasteiger partial charge is 0.345 e. The zero-order valence-electron chi connectivity index (χ0n) is 13.5. The van der Waals surface area contributed by atoms with Gasteiger partial charge in [0.1, 0.15) is 0 Å². The largest absolute Gasteiger partial charge is 0.417 e. The van der Waals surface area contributed by atoms with E-state index >= 15 is 0 Å². The molecule has 0 unspecified atom stereocenters. The fourth-order valence-corrected chi connectivity index (χ4v) is 2.36. The summed E-state index contributed by atoms with van der Waals surface area (Å²) in [4.78, 5) is 12.0. The summed E-state index contributed by atoms with van der Waals surface area (Å²) in [6, 6.07) is 5.17. The molecule has 0 aliphatic carbocycles. The van der Waals surface area contributed by atoms with Gasteiger partial charge in [-0.3, -0.25) is 4.79 Å². The fourth-order valence-electron chi connectivity index (χ4n) is 2.36. The first-order chi connectivity index (χ1) is 10.9. The van der Waals surface area contributed by atoms with E-state index in [9.17, 15) is 18.0 Å². The molecule has 0 aliphatic rings. The highest BCUT2D eigenvalue weighted by molar-refractivity contribution is 5.78. The van der Waals surface area contributed by atoms with Crippen LogP contribution in [0.4, 0.5) is 13.2 Å². The number of nitrogens with one attached hydrogen (secondary N) is 1. The molecule has 1 aromatic rings. The van der Waals surface area contributed by atoms with Crippen LogP contribution in [0.3, 0.4) is 0 Å². The molecule has 0 fully saturated rings. The first-order valence-corrected chi connectivity index (χ1v) is 7.82. The molecule has 0 heterocycles. The molecule has 0 bridgehead atoms. The van der Waals surface area contributed by atoms with Crippen LogP contribution in [-0.2, 0) is 11.0 Å². The average Bonchev–Trinajstić information content (AvgIpc) is 2.50. The van der Waals surface area contributed by atoms with Gasteiger partial charge in [-0.25, -0.2) is 0 Å². The lowest BCUT2D eigenvalue weighted by molar-refractivity contribution is -0.137. The van der Waals surface area contributed by atoms with E-state index in [2.05, 4.69) is 17.2 Å². The van der Waals surface area contributed by atoms with Crippen LogP contribution in [0.2, 0.25) is 0 Å². The maximum absolute atomic E-state index is 12.8. The summed E-state index contributed by atoms with van der Waals surface area (Å²) >= 11 is 0. The van der Waals surface area contributed by atoms with Crippen molar-refractivity contribution in [3.63, 3.8) is 0 Å². The van der Waals surface area contributed by atoms with Gasteiger partial charge in [0.15, 0.2) is 0 Å². The minimum absolute atomic E-state index is 0.0470. The minimum atomic E-state index is -4.43. The fraction of sp³-hybridized carbons (Fsp3) is 0.500. The molecule has 0 saturated carbocycles. The Morgan fingerprint density at radius 2 is 1.78 bits per heavy atom. The second-order valence-electron chi connectivity index (χ2n) is 5.34. The molecule has 0 aromatic heterocycles. The quantitative estimate of drug-likeness (QED) is 0.772. The van der Waals surface area contributed by atoms with Gasteiger partial charge in [-0.2, -0.15) is 13.2 Å². The summed E-state index contributed by atoms with van der Waals surface area (Å²) < 4.78 is 38.5. The zero-order valence-corrected chi connectivity index (χ0v) is 13.5. The Morgan fingerprint density at radius 3 is 2.35 bits per heavy atom. The molecule has 0 spiro atoms. The van der Waals surface area contributed by atoms with Crippen LogP contribution in [0.1, 0.15) is 50.7 Å². The van der Waals surface area contributed by atoms with E-state index in [-0.39, 0.29) is 23.9 Å². The number of hydrogen-bond donors (Lipinski definition) is 1. The lowest BCUT2D eigenvalue weighted by atomic mass is 9.97. The number of amides is 1. The van der Waals surface area contributed by atoms with Crippen molar-refractivity contribution in [1.82, 2.24) is 5.32 Å². The summed E-state index contributed by atoms with van der Waals surface area (Å²) in [5.41, 5.74) is -0.832. The Balaban J connectivity index is 2.67. The van der Waals surface area contributed by atoms with Crippen molar-refractivity contribution in [2.24, 2.45) is 5.92 Å². The number of benzene rings is 1. The highest BCUT2D eigenvalue weighted by Crippen LogP contribution is 2.31. The number of hydrogen-bond acceptors (Lipinski definition) is 1. The molecule has 1 amide bonds. The molecule has 2 nitrogen and oxygen atoms in total. The SMILES string of the molecule is CCCC(CCC)C(=O)NCC#Cc1ccccc1C(F)(F)F. The Kier molecular flexibility index (Phi) is 7.67. The highest BCUT2D eigenvalue weighted by atomic mass is 19.4. The first-order valence-electron chi connectivity index (χ1n) is 7.82. The van der Waals surface area contributed by atoms with E-state index in [1.807, 2.05) is 13.8 Å². The summed E-state index contributed by atoms with van der Waals surface area (Å²) in [5.74, 6) is 4.97. The van der Waals surface area contributed by atoms with Crippen LogP contribution in [0, 0.1) is 17.8 Å². The number of rotatable bonds is 6. The summed E-state index contributed by atoms with van der Waals surface area (Å²) in [7, 11) is 0. The number of carbonyl (C=O) groups is 1. The second kappa shape index (κ2) is 9.24. The maximum Gasteiger partial charge on any atom is 0.417 e. The number of alkyl halides is 3. The molecule has 1 rings (SSSR count). The van der Waals surface area contributed by atoms with Gasteiger partial charge in [0.25, 0.3) is 0 Å². The normalized spacial score (nSPS) is 11.0. The molecule has 1 aromatic carbocycles. The number of halogens is 3. The Bertz CT molecular complexity index is 564. The maximum atomic E-state index is 12.8. The monoisotopic (exact) mass is 325 g/mol. The van der Waals surface area contributed by atoms with Crippen LogP contribution >= 0.6 is 0 Å². The van der Waals surface area contributed by atoms with Gasteiger partial charge in [-0.05, 0) is 25.0 Å². The van der Waals surface area contributed by atoms with Gasteiger partial charge < -0.3 is 5.32 Å². The topological polar surface area (TPSA) is 29.1 Å². The van der Waals surface area contributed by atoms with Crippen LogP contribution in [0.15, 0.2) is 24.3 Å². The van der Waals surface area contributed by atoms with Gasteiger partial charge in [-0.1, -0.05) is 50.7 Å². The van der Waals surface area contributed by atoms with Crippen molar-refractivity contribution in [1.29, 1.82) is 0 Å². The standard InChI is InChI=1S/C18H22F3NO/c1-3-8-15(9-4-2)17(23)22-13-7-11-14-10-5-6-12-16(14)18(19,20)21/h5-6,10,12,15H,3-4,8-9,13H2,1-2H3,(H,22,23). The molecule has 0 saturated heterocycles. The van der Waals surface area contributed by atoms with Crippen molar-refractivity contribution in [2.45, 2.75) is 45.7 Å². The van der Waals surface area contributed by atoms with Gasteiger partial charge in [0, 0.05) is 11.5 Å². The van der Waals surface area contributed by atoms with Crippen LogP contribution in [0.5, 0.6) is 0 Å². The first kappa shape index (κ1) is 19.1. The Labute approximate surface area is 135 Å². The van der Waals surface area contributed by atoms with Crippen molar-refractivity contribution >= 4 is 5.91 Å². The third-order valence-corrected chi connectivity index (χ3v) is 3.45. The van der Waals surface area contributed by atoms with E-state index in [4.69, 9.17) is 0 Å². The summed E-state index contributed by atoms with van der Waals surface area (Å²) in [6.07, 6.45) is -0.971. The molecule has 126 valence electrons. The third kappa shape index (κ3) is 6.35. The molecule has 23 heavy (non-hydrogen) atoms. The van der Waals surface area contributed by atoms with Gasteiger partial charge in [-0.15, -0.1) is 0 Å². The molecular formula is C18H22F3NO. The van der Waals surface area contributed by atoms with Crippen molar-refractivity contribution in [3.8, 4) is 11.8 Å². The minimum Gasteiger partial charge on any atom is -0.345 e. The predicted octanol–water partition coefficient (Wildman–Crippen LogP) is 4.39.